The highest BCUT2D eigenvalue weighted by molar-refractivity contribution is 5.98. The van der Waals surface area contributed by atoms with Crippen LogP contribution >= 0.6 is 0 Å². The molecule has 1 aromatic carbocycles. The molecular formula is C18H20N4O2. The van der Waals surface area contributed by atoms with Gasteiger partial charge in [-0.1, -0.05) is 24.3 Å². The fraction of sp³-hybridized carbons (Fsp3) is 0.444. The third kappa shape index (κ3) is 2.06. The number of H-pyrrole nitrogens is 1. The zero-order valence-corrected chi connectivity index (χ0v) is 13.5. The van der Waals surface area contributed by atoms with E-state index < -0.39 is 0 Å². The van der Waals surface area contributed by atoms with Gasteiger partial charge in [0.25, 0.3) is 5.91 Å². The lowest BCUT2D eigenvalue weighted by Gasteiger charge is -2.31. The number of carbonyl (C=O) groups is 1. The molecule has 1 aromatic heterocycles. The summed E-state index contributed by atoms with van der Waals surface area (Å²) < 4.78 is 5.89. The van der Waals surface area contributed by atoms with Gasteiger partial charge in [-0.3, -0.25) is 9.89 Å². The fourth-order valence-corrected chi connectivity index (χ4v) is 4.12. The zero-order chi connectivity index (χ0) is 16.1. The number of nitrogens with zero attached hydrogens (tertiary/aromatic N) is 3. The number of benzene rings is 1. The van der Waals surface area contributed by atoms with Crippen LogP contribution in [0.3, 0.4) is 0 Å². The van der Waals surface area contributed by atoms with Gasteiger partial charge in [0.2, 0.25) is 0 Å². The summed E-state index contributed by atoms with van der Waals surface area (Å²) >= 11 is 0. The molecule has 0 radical (unpaired) electrons. The molecule has 3 fully saturated rings. The van der Waals surface area contributed by atoms with Crippen LogP contribution in [0.2, 0.25) is 0 Å². The number of carbonyl (C=O) groups excluding carboxylic acids is 1. The standard InChI is InChI=1S/C18H20N4O2/c23-18(22-10-9-21-7-5-13(22)6-8-21)16-17-15(19-20-16)14-4-2-1-3-12(14)11-24-17/h1-4,13H,5-11H2,(H,19,20). The highest BCUT2D eigenvalue weighted by atomic mass is 16.5. The van der Waals surface area contributed by atoms with Crippen molar-refractivity contribution in [3.8, 4) is 17.0 Å². The van der Waals surface area contributed by atoms with Crippen molar-refractivity contribution in [1.29, 1.82) is 0 Å². The van der Waals surface area contributed by atoms with E-state index in [1.165, 1.54) is 0 Å². The summed E-state index contributed by atoms with van der Waals surface area (Å²) in [5.74, 6) is 0.634. The Labute approximate surface area is 140 Å². The number of fused-ring (bicyclic) bond motifs is 7. The minimum absolute atomic E-state index is 0.0249. The monoisotopic (exact) mass is 324 g/mol. The maximum absolute atomic E-state index is 13.1. The Balaban J connectivity index is 1.50. The van der Waals surface area contributed by atoms with Crippen LogP contribution in [-0.2, 0) is 6.61 Å². The van der Waals surface area contributed by atoms with Gasteiger partial charge in [-0.25, -0.2) is 0 Å². The van der Waals surface area contributed by atoms with Crippen LogP contribution in [0.5, 0.6) is 5.75 Å². The predicted octanol–water partition coefficient (Wildman–Crippen LogP) is 1.89. The molecule has 24 heavy (non-hydrogen) atoms. The summed E-state index contributed by atoms with van der Waals surface area (Å²) in [5.41, 5.74) is 3.41. The van der Waals surface area contributed by atoms with E-state index in [4.69, 9.17) is 4.74 Å². The van der Waals surface area contributed by atoms with Crippen molar-refractivity contribution in [1.82, 2.24) is 20.0 Å². The van der Waals surface area contributed by atoms with Gasteiger partial charge in [0.05, 0.1) is 0 Å². The molecule has 1 amide bonds. The minimum Gasteiger partial charge on any atom is -0.484 e. The Morgan fingerprint density at radius 1 is 1.17 bits per heavy atom. The number of ether oxygens (including phenoxy) is 1. The molecule has 4 aliphatic heterocycles. The van der Waals surface area contributed by atoms with E-state index in [0.717, 1.165) is 55.8 Å². The maximum atomic E-state index is 13.1. The second-order valence-corrected chi connectivity index (χ2v) is 6.79. The first kappa shape index (κ1) is 14.0. The van der Waals surface area contributed by atoms with Crippen molar-refractivity contribution < 1.29 is 9.53 Å². The summed E-state index contributed by atoms with van der Waals surface area (Å²) in [6.45, 7) is 4.43. The Hall–Kier alpha value is -2.34. The third-order valence-corrected chi connectivity index (χ3v) is 5.50. The smallest absolute Gasteiger partial charge is 0.276 e. The van der Waals surface area contributed by atoms with Crippen LogP contribution in [0.1, 0.15) is 28.9 Å². The average molecular weight is 324 g/mol. The molecule has 0 saturated carbocycles. The molecule has 0 unspecified atom stereocenters. The number of aromatic nitrogens is 2. The number of hydrogen-bond acceptors (Lipinski definition) is 4. The lowest BCUT2D eigenvalue weighted by molar-refractivity contribution is 0.0674. The number of aromatic amines is 1. The van der Waals surface area contributed by atoms with E-state index in [0.29, 0.717) is 24.1 Å². The summed E-state index contributed by atoms with van der Waals surface area (Å²) in [6.07, 6.45) is 2.12. The summed E-state index contributed by atoms with van der Waals surface area (Å²) in [5, 5.41) is 7.34. The molecule has 124 valence electrons. The van der Waals surface area contributed by atoms with Gasteiger partial charge in [0.15, 0.2) is 11.4 Å². The molecular weight excluding hydrogens is 304 g/mol. The molecule has 6 nitrogen and oxygen atoms in total. The van der Waals surface area contributed by atoms with E-state index in [2.05, 4.69) is 15.1 Å². The molecule has 0 atom stereocenters. The first-order valence-electron chi connectivity index (χ1n) is 8.64. The van der Waals surface area contributed by atoms with Gasteiger partial charge in [-0.15, -0.1) is 0 Å². The van der Waals surface area contributed by atoms with Crippen molar-refractivity contribution in [2.24, 2.45) is 0 Å². The van der Waals surface area contributed by atoms with E-state index in [1.54, 1.807) is 0 Å². The fourth-order valence-electron chi connectivity index (χ4n) is 4.12. The molecule has 2 bridgehead atoms. The quantitative estimate of drug-likeness (QED) is 0.870. The SMILES string of the molecule is O=C(c1[nH]nc2c1OCc1ccccc1-2)N1CCN2CCC1CC2. The van der Waals surface area contributed by atoms with Crippen LogP contribution in [0, 0.1) is 0 Å². The summed E-state index contributed by atoms with van der Waals surface area (Å²) in [4.78, 5) is 17.6. The summed E-state index contributed by atoms with van der Waals surface area (Å²) in [6, 6.07) is 8.40. The van der Waals surface area contributed by atoms with Gasteiger partial charge < -0.3 is 14.5 Å². The van der Waals surface area contributed by atoms with Gasteiger partial charge in [0, 0.05) is 37.8 Å². The van der Waals surface area contributed by atoms with Crippen molar-refractivity contribution in [3.05, 3.63) is 35.5 Å². The molecule has 4 aliphatic rings. The number of amides is 1. The van der Waals surface area contributed by atoms with E-state index in [1.807, 2.05) is 29.2 Å². The number of hydrogen-bond donors (Lipinski definition) is 1. The van der Waals surface area contributed by atoms with Crippen molar-refractivity contribution in [3.63, 3.8) is 0 Å². The Morgan fingerprint density at radius 3 is 2.88 bits per heavy atom. The average Bonchev–Trinajstić information content (AvgIpc) is 2.84. The van der Waals surface area contributed by atoms with Crippen molar-refractivity contribution in [2.45, 2.75) is 25.5 Å². The maximum Gasteiger partial charge on any atom is 0.276 e. The van der Waals surface area contributed by atoms with Crippen LogP contribution in [0.4, 0.5) is 0 Å². The Bertz CT molecular complexity index is 792. The van der Waals surface area contributed by atoms with Crippen molar-refractivity contribution >= 4 is 5.91 Å². The lowest BCUT2D eigenvalue weighted by Crippen LogP contribution is -2.41. The molecule has 0 aliphatic carbocycles. The molecule has 6 heteroatoms. The molecule has 5 heterocycles. The zero-order valence-electron chi connectivity index (χ0n) is 13.5. The second kappa shape index (κ2) is 5.34. The highest BCUT2D eigenvalue weighted by Gasteiger charge is 2.35. The number of rotatable bonds is 1. The number of nitrogens with one attached hydrogen (secondary N) is 1. The van der Waals surface area contributed by atoms with Crippen LogP contribution in [0.25, 0.3) is 11.3 Å². The molecule has 1 N–H and O–H groups in total. The number of piperidine rings is 1. The first-order chi connectivity index (χ1) is 11.8. The van der Waals surface area contributed by atoms with E-state index in [-0.39, 0.29) is 5.91 Å². The minimum atomic E-state index is 0.0249. The van der Waals surface area contributed by atoms with Gasteiger partial charge in [-0.05, 0) is 18.4 Å². The summed E-state index contributed by atoms with van der Waals surface area (Å²) in [7, 11) is 0. The topological polar surface area (TPSA) is 61.5 Å². The van der Waals surface area contributed by atoms with Gasteiger partial charge >= 0.3 is 0 Å². The van der Waals surface area contributed by atoms with E-state index >= 15 is 0 Å². The largest absolute Gasteiger partial charge is 0.484 e. The Morgan fingerprint density at radius 2 is 2.00 bits per heavy atom. The molecule has 3 saturated heterocycles. The molecule has 2 aromatic rings. The molecule has 0 spiro atoms. The van der Waals surface area contributed by atoms with Gasteiger partial charge in [0.1, 0.15) is 12.3 Å². The van der Waals surface area contributed by atoms with Crippen LogP contribution in [0.15, 0.2) is 24.3 Å². The third-order valence-electron chi connectivity index (χ3n) is 5.50. The Kier molecular flexibility index (Phi) is 3.13. The highest BCUT2D eigenvalue weighted by Crippen LogP contribution is 2.38. The molecule has 6 rings (SSSR count). The first-order valence-corrected chi connectivity index (χ1v) is 8.64. The van der Waals surface area contributed by atoms with E-state index in [9.17, 15) is 4.79 Å². The van der Waals surface area contributed by atoms with Gasteiger partial charge in [-0.2, -0.15) is 5.10 Å². The lowest BCUT2D eigenvalue weighted by atomic mass is 10.0. The predicted molar refractivity (Wildman–Crippen MR) is 88.9 cm³/mol. The normalized spacial score (nSPS) is 24.8. The van der Waals surface area contributed by atoms with Crippen LogP contribution < -0.4 is 4.74 Å². The second-order valence-electron chi connectivity index (χ2n) is 6.79. The van der Waals surface area contributed by atoms with Crippen molar-refractivity contribution in [2.75, 3.05) is 26.2 Å². The van der Waals surface area contributed by atoms with Crippen LogP contribution in [-0.4, -0.2) is 58.1 Å².